The molecule has 1 saturated heterocycles. The molecule has 0 atom stereocenters. The summed E-state index contributed by atoms with van der Waals surface area (Å²) < 4.78 is 0. The van der Waals surface area contributed by atoms with Crippen molar-refractivity contribution < 1.29 is 9.72 Å². The summed E-state index contributed by atoms with van der Waals surface area (Å²) in [6, 6.07) is 4.91. The second kappa shape index (κ2) is 6.51. The van der Waals surface area contributed by atoms with E-state index in [4.69, 9.17) is 0 Å². The number of benzene rings is 1. The van der Waals surface area contributed by atoms with Crippen LogP contribution in [0, 0.1) is 10.1 Å². The number of carbonyl (C=O) groups excluding carboxylic acids is 1. The predicted octanol–water partition coefficient (Wildman–Crippen LogP) is 1.06. The zero-order valence-electron chi connectivity index (χ0n) is 13.1. The fourth-order valence-corrected chi connectivity index (χ4v) is 2.52. The van der Waals surface area contributed by atoms with Gasteiger partial charge in [0, 0.05) is 43.9 Å². The zero-order chi connectivity index (χ0) is 16.4. The Labute approximate surface area is 134 Å². The lowest BCUT2D eigenvalue weighted by molar-refractivity contribution is -0.384. The number of carbonyl (C=O) groups is 1. The molecule has 1 saturated carbocycles. The van der Waals surface area contributed by atoms with Crippen molar-refractivity contribution >= 4 is 17.3 Å². The molecule has 0 unspecified atom stereocenters. The molecule has 1 aromatic carbocycles. The molecule has 1 aliphatic carbocycles. The van der Waals surface area contributed by atoms with Gasteiger partial charge in [-0.05, 0) is 32.0 Å². The van der Waals surface area contributed by atoms with Gasteiger partial charge in [-0.25, -0.2) is 5.01 Å². The molecular formula is C15H21N5O3. The second-order valence-corrected chi connectivity index (χ2v) is 6.14. The third-order valence-electron chi connectivity index (χ3n) is 4.16. The first-order valence-corrected chi connectivity index (χ1v) is 7.82. The quantitative estimate of drug-likeness (QED) is 0.623. The number of likely N-dealkylation sites (N-methyl/N-ethyl adjacent to an activating group) is 1. The minimum Gasteiger partial charge on any atom is -0.377 e. The van der Waals surface area contributed by atoms with E-state index in [-0.39, 0.29) is 11.6 Å². The summed E-state index contributed by atoms with van der Waals surface area (Å²) >= 11 is 0. The lowest BCUT2D eigenvalue weighted by Gasteiger charge is -2.32. The van der Waals surface area contributed by atoms with Crippen LogP contribution in [-0.2, 0) is 0 Å². The highest BCUT2D eigenvalue weighted by Crippen LogP contribution is 2.31. The fourth-order valence-electron chi connectivity index (χ4n) is 2.52. The Kier molecular flexibility index (Phi) is 4.44. The number of amides is 1. The number of nitrogens with one attached hydrogen (secondary N) is 2. The molecule has 1 aliphatic heterocycles. The highest BCUT2D eigenvalue weighted by atomic mass is 16.6. The Hall–Kier alpha value is -2.19. The van der Waals surface area contributed by atoms with E-state index < -0.39 is 4.92 Å². The molecule has 0 radical (unpaired) electrons. The monoisotopic (exact) mass is 319 g/mol. The maximum atomic E-state index is 12.3. The van der Waals surface area contributed by atoms with Gasteiger partial charge in [-0.3, -0.25) is 20.3 Å². The van der Waals surface area contributed by atoms with Gasteiger partial charge in [-0.2, -0.15) is 0 Å². The Morgan fingerprint density at radius 3 is 2.57 bits per heavy atom. The summed E-state index contributed by atoms with van der Waals surface area (Å²) in [6.07, 6.45) is 2.06. The van der Waals surface area contributed by atoms with E-state index in [9.17, 15) is 14.9 Å². The maximum absolute atomic E-state index is 12.3. The number of rotatable bonds is 5. The SMILES string of the molecule is CN1CCN(NC(=O)c2ccc(NC3CC3)c([N+](=O)[O-])c2)CC1. The van der Waals surface area contributed by atoms with E-state index in [0.717, 1.165) is 39.0 Å². The van der Waals surface area contributed by atoms with Crippen LogP contribution >= 0.6 is 0 Å². The molecule has 1 aromatic rings. The molecule has 8 heteroatoms. The average molecular weight is 319 g/mol. The van der Waals surface area contributed by atoms with Crippen LogP contribution in [0.25, 0.3) is 0 Å². The van der Waals surface area contributed by atoms with Crippen molar-refractivity contribution in [2.24, 2.45) is 0 Å². The van der Waals surface area contributed by atoms with Crippen LogP contribution in [0.1, 0.15) is 23.2 Å². The molecule has 0 bridgehead atoms. The van der Waals surface area contributed by atoms with Crippen molar-refractivity contribution in [1.29, 1.82) is 0 Å². The molecule has 8 nitrogen and oxygen atoms in total. The summed E-state index contributed by atoms with van der Waals surface area (Å²) in [6.45, 7) is 3.24. The largest absolute Gasteiger partial charge is 0.377 e. The van der Waals surface area contributed by atoms with Crippen LogP contribution in [0.5, 0.6) is 0 Å². The van der Waals surface area contributed by atoms with E-state index in [0.29, 0.717) is 17.3 Å². The van der Waals surface area contributed by atoms with Crippen LogP contribution in [0.15, 0.2) is 18.2 Å². The third-order valence-corrected chi connectivity index (χ3v) is 4.16. The minimum absolute atomic E-state index is 0.0528. The van der Waals surface area contributed by atoms with Gasteiger partial charge < -0.3 is 10.2 Å². The molecule has 0 spiro atoms. The van der Waals surface area contributed by atoms with Crippen molar-refractivity contribution in [3.05, 3.63) is 33.9 Å². The van der Waals surface area contributed by atoms with Crippen molar-refractivity contribution in [1.82, 2.24) is 15.3 Å². The van der Waals surface area contributed by atoms with Gasteiger partial charge in [0.2, 0.25) is 0 Å². The Balaban J connectivity index is 1.69. The van der Waals surface area contributed by atoms with Gasteiger partial charge in [0.05, 0.1) is 4.92 Å². The van der Waals surface area contributed by atoms with E-state index in [2.05, 4.69) is 15.6 Å². The van der Waals surface area contributed by atoms with E-state index >= 15 is 0 Å². The lowest BCUT2D eigenvalue weighted by Crippen LogP contribution is -2.52. The number of nitro groups is 1. The van der Waals surface area contributed by atoms with Gasteiger partial charge in [-0.15, -0.1) is 0 Å². The zero-order valence-corrected chi connectivity index (χ0v) is 13.1. The van der Waals surface area contributed by atoms with Gasteiger partial charge in [0.25, 0.3) is 11.6 Å². The first-order valence-electron chi connectivity index (χ1n) is 7.82. The Morgan fingerprint density at radius 2 is 1.96 bits per heavy atom. The molecule has 0 aromatic heterocycles. The molecule has 2 aliphatic rings. The third kappa shape index (κ3) is 3.96. The van der Waals surface area contributed by atoms with Crippen LogP contribution in [0.4, 0.5) is 11.4 Å². The van der Waals surface area contributed by atoms with Crippen LogP contribution < -0.4 is 10.7 Å². The number of anilines is 1. The predicted molar refractivity (Wildman–Crippen MR) is 86.3 cm³/mol. The topological polar surface area (TPSA) is 90.8 Å². The van der Waals surface area contributed by atoms with Crippen molar-refractivity contribution in [2.75, 3.05) is 38.5 Å². The number of hydrogen-bond acceptors (Lipinski definition) is 6. The van der Waals surface area contributed by atoms with Gasteiger partial charge in [-0.1, -0.05) is 0 Å². The first kappa shape index (κ1) is 15.7. The number of hydrazine groups is 1. The minimum atomic E-state index is -0.447. The molecule has 23 heavy (non-hydrogen) atoms. The molecule has 1 amide bonds. The van der Waals surface area contributed by atoms with Gasteiger partial charge >= 0.3 is 0 Å². The second-order valence-electron chi connectivity index (χ2n) is 6.14. The summed E-state index contributed by atoms with van der Waals surface area (Å²) in [4.78, 5) is 25.3. The fraction of sp³-hybridized carbons (Fsp3) is 0.533. The van der Waals surface area contributed by atoms with Crippen molar-refractivity contribution in [3.63, 3.8) is 0 Å². The molecule has 2 fully saturated rings. The summed E-state index contributed by atoms with van der Waals surface area (Å²) in [5, 5.41) is 16.2. The summed E-state index contributed by atoms with van der Waals surface area (Å²) in [5.74, 6) is -0.310. The normalized spacial score (nSPS) is 19.3. The van der Waals surface area contributed by atoms with Gasteiger partial charge in [0.15, 0.2) is 0 Å². The highest BCUT2D eigenvalue weighted by Gasteiger charge is 2.26. The maximum Gasteiger partial charge on any atom is 0.293 e. The number of hydrogen-bond donors (Lipinski definition) is 2. The van der Waals surface area contributed by atoms with Crippen LogP contribution in [0.2, 0.25) is 0 Å². The standard InChI is InChI=1S/C15H21N5O3/c1-18-6-8-19(9-7-18)17-15(21)11-2-5-13(16-12-3-4-12)14(10-11)20(22)23/h2,5,10,12,16H,3-4,6-9H2,1H3,(H,17,21). The lowest BCUT2D eigenvalue weighted by atomic mass is 10.1. The van der Waals surface area contributed by atoms with Crippen molar-refractivity contribution in [2.45, 2.75) is 18.9 Å². The molecule has 124 valence electrons. The average Bonchev–Trinajstić information content (AvgIpc) is 3.33. The number of nitro benzene ring substituents is 1. The van der Waals surface area contributed by atoms with E-state index in [1.165, 1.54) is 6.07 Å². The van der Waals surface area contributed by atoms with E-state index in [1.54, 1.807) is 12.1 Å². The smallest absolute Gasteiger partial charge is 0.293 e. The van der Waals surface area contributed by atoms with E-state index in [1.807, 2.05) is 12.1 Å². The summed E-state index contributed by atoms with van der Waals surface area (Å²) in [5.41, 5.74) is 3.55. The molecule has 1 heterocycles. The van der Waals surface area contributed by atoms with Crippen LogP contribution in [0.3, 0.4) is 0 Å². The molecular weight excluding hydrogens is 298 g/mol. The highest BCUT2D eigenvalue weighted by molar-refractivity contribution is 5.95. The number of nitrogens with zero attached hydrogens (tertiary/aromatic N) is 3. The Morgan fingerprint density at radius 1 is 1.26 bits per heavy atom. The van der Waals surface area contributed by atoms with Crippen molar-refractivity contribution in [3.8, 4) is 0 Å². The Bertz CT molecular complexity index is 609. The van der Waals surface area contributed by atoms with Crippen LogP contribution in [-0.4, -0.2) is 60.0 Å². The molecule has 2 N–H and O–H groups in total. The first-order chi connectivity index (χ1) is 11.0. The van der Waals surface area contributed by atoms with Gasteiger partial charge in [0.1, 0.15) is 5.69 Å². The summed E-state index contributed by atoms with van der Waals surface area (Å²) in [7, 11) is 2.04. The number of piperazine rings is 1. The molecule has 3 rings (SSSR count).